The summed E-state index contributed by atoms with van der Waals surface area (Å²) < 4.78 is 5.12. The number of hydrogen-bond acceptors (Lipinski definition) is 4. The number of pyridine rings is 1. The number of aromatic amines is 1. The van der Waals surface area contributed by atoms with Crippen LogP contribution in [0.2, 0.25) is 0 Å². The summed E-state index contributed by atoms with van der Waals surface area (Å²) in [5.41, 5.74) is 3.35. The van der Waals surface area contributed by atoms with Crippen LogP contribution in [0.5, 0.6) is 0 Å². The van der Waals surface area contributed by atoms with E-state index >= 15 is 0 Å². The number of fused-ring (bicyclic) bond motifs is 1. The van der Waals surface area contributed by atoms with Gasteiger partial charge in [-0.15, -0.1) is 0 Å². The average molecular weight is 270 g/mol. The van der Waals surface area contributed by atoms with Crippen LogP contribution >= 0.6 is 0 Å². The van der Waals surface area contributed by atoms with E-state index in [-0.39, 0.29) is 5.91 Å². The van der Waals surface area contributed by atoms with Gasteiger partial charge in [0, 0.05) is 24.6 Å². The van der Waals surface area contributed by atoms with Crippen LogP contribution in [0.4, 0.5) is 0 Å². The summed E-state index contributed by atoms with van der Waals surface area (Å²) in [6.45, 7) is 4.08. The standard InChI is InChI=1S/C14H14N4O2/c1-8-5-11(12-9(2)18-20-14(12)17-8)13(19)16-7-10-3-4-15-6-10/h3-6,15H,7H2,1-2H3,(H,16,19). The Morgan fingerprint density at radius 3 is 3.05 bits per heavy atom. The van der Waals surface area contributed by atoms with Gasteiger partial charge in [-0.3, -0.25) is 4.79 Å². The molecular weight excluding hydrogens is 256 g/mol. The normalized spacial score (nSPS) is 10.9. The van der Waals surface area contributed by atoms with Crippen LogP contribution in [0.3, 0.4) is 0 Å². The highest BCUT2D eigenvalue weighted by molar-refractivity contribution is 6.05. The highest BCUT2D eigenvalue weighted by Gasteiger charge is 2.17. The molecular formula is C14H14N4O2. The first kappa shape index (κ1) is 12.4. The zero-order valence-electron chi connectivity index (χ0n) is 11.2. The molecule has 3 aromatic rings. The molecule has 0 saturated carbocycles. The van der Waals surface area contributed by atoms with E-state index in [1.54, 1.807) is 13.0 Å². The molecule has 2 N–H and O–H groups in total. The summed E-state index contributed by atoms with van der Waals surface area (Å²) in [7, 11) is 0. The molecule has 0 aromatic carbocycles. The number of rotatable bonds is 3. The summed E-state index contributed by atoms with van der Waals surface area (Å²) in [5.74, 6) is -0.159. The number of aryl methyl sites for hydroxylation is 2. The lowest BCUT2D eigenvalue weighted by molar-refractivity contribution is 0.0952. The quantitative estimate of drug-likeness (QED) is 0.763. The molecule has 3 aromatic heterocycles. The molecule has 102 valence electrons. The van der Waals surface area contributed by atoms with Gasteiger partial charge in [0.05, 0.1) is 16.6 Å². The Morgan fingerprint density at radius 2 is 2.30 bits per heavy atom. The number of carbonyl (C=O) groups excluding carboxylic acids is 1. The van der Waals surface area contributed by atoms with E-state index in [9.17, 15) is 4.79 Å². The van der Waals surface area contributed by atoms with Crippen molar-refractivity contribution in [2.45, 2.75) is 20.4 Å². The van der Waals surface area contributed by atoms with Crippen molar-refractivity contribution in [3.05, 3.63) is 47.0 Å². The Kier molecular flexibility index (Phi) is 2.98. The van der Waals surface area contributed by atoms with E-state index in [4.69, 9.17) is 4.52 Å². The number of hydrogen-bond donors (Lipinski definition) is 2. The fourth-order valence-electron chi connectivity index (χ4n) is 2.14. The zero-order chi connectivity index (χ0) is 14.1. The first-order valence-corrected chi connectivity index (χ1v) is 6.28. The third-order valence-corrected chi connectivity index (χ3v) is 3.11. The first-order chi connectivity index (χ1) is 9.65. The lowest BCUT2D eigenvalue weighted by Gasteiger charge is -2.05. The minimum Gasteiger partial charge on any atom is -0.367 e. The molecule has 0 aliphatic heterocycles. The van der Waals surface area contributed by atoms with Crippen molar-refractivity contribution in [3.63, 3.8) is 0 Å². The summed E-state index contributed by atoms with van der Waals surface area (Å²) in [4.78, 5) is 19.5. The highest BCUT2D eigenvalue weighted by Crippen LogP contribution is 2.21. The maximum Gasteiger partial charge on any atom is 0.258 e. The summed E-state index contributed by atoms with van der Waals surface area (Å²) in [6, 6.07) is 3.66. The lowest BCUT2D eigenvalue weighted by atomic mass is 10.1. The summed E-state index contributed by atoms with van der Waals surface area (Å²) in [5, 5.41) is 7.42. The van der Waals surface area contributed by atoms with Crippen LogP contribution in [0.15, 0.2) is 29.0 Å². The van der Waals surface area contributed by atoms with Crippen LogP contribution in [-0.2, 0) is 6.54 Å². The third kappa shape index (κ3) is 2.16. The predicted octanol–water partition coefficient (Wildman–Crippen LogP) is 2.10. The number of nitrogens with zero attached hydrogens (tertiary/aromatic N) is 2. The minimum absolute atomic E-state index is 0.159. The van der Waals surface area contributed by atoms with Gasteiger partial charge in [-0.25, -0.2) is 4.98 Å². The molecule has 0 atom stereocenters. The Labute approximate surface area is 115 Å². The second kappa shape index (κ2) is 4.80. The van der Waals surface area contributed by atoms with Crippen molar-refractivity contribution in [1.82, 2.24) is 20.4 Å². The van der Waals surface area contributed by atoms with Crippen LogP contribution in [0, 0.1) is 13.8 Å². The van der Waals surface area contributed by atoms with Gasteiger partial charge in [-0.05, 0) is 31.5 Å². The van der Waals surface area contributed by atoms with E-state index in [1.165, 1.54) is 0 Å². The molecule has 0 fully saturated rings. The number of aromatic nitrogens is 3. The molecule has 3 rings (SSSR count). The van der Waals surface area contributed by atoms with Crippen LogP contribution in [-0.4, -0.2) is 21.0 Å². The highest BCUT2D eigenvalue weighted by atomic mass is 16.5. The van der Waals surface area contributed by atoms with E-state index in [1.807, 2.05) is 25.4 Å². The molecule has 0 spiro atoms. The Bertz CT molecular complexity index is 759. The van der Waals surface area contributed by atoms with Crippen molar-refractivity contribution in [1.29, 1.82) is 0 Å². The molecule has 0 unspecified atom stereocenters. The van der Waals surface area contributed by atoms with E-state index in [0.29, 0.717) is 28.9 Å². The van der Waals surface area contributed by atoms with Gasteiger partial charge < -0.3 is 14.8 Å². The van der Waals surface area contributed by atoms with Gasteiger partial charge in [-0.1, -0.05) is 5.16 Å². The number of nitrogens with one attached hydrogen (secondary N) is 2. The lowest BCUT2D eigenvalue weighted by Crippen LogP contribution is -2.23. The van der Waals surface area contributed by atoms with E-state index in [2.05, 4.69) is 20.4 Å². The molecule has 0 saturated heterocycles. The van der Waals surface area contributed by atoms with Crippen molar-refractivity contribution >= 4 is 17.0 Å². The summed E-state index contributed by atoms with van der Waals surface area (Å²) in [6.07, 6.45) is 3.67. The SMILES string of the molecule is Cc1cc(C(=O)NCc2cc[nH]c2)c2c(C)noc2n1. The zero-order valence-corrected chi connectivity index (χ0v) is 11.2. The number of amides is 1. The molecule has 6 nitrogen and oxygen atoms in total. The number of H-pyrrole nitrogens is 1. The monoisotopic (exact) mass is 270 g/mol. The van der Waals surface area contributed by atoms with E-state index < -0.39 is 0 Å². The van der Waals surface area contributed by atoms with Crippen molar-refractivity contribution < 1.29 is 9.32 Å². The first-order valence-electron chi connectivity index (χ1n) is 6.28. The molecule has 0 bridgehead atoms. The largest absolute Gasteiger partial charge is 0.367 e. The maximum absolute atomic E-state index is 12.3. The van der Waals surface area contributed by atoms with Gasteiger partial charge in [-0.2, -0.15) is 0 Å². The molecule has 1 amide bonds. The molecule has 0 aliphatic carbocycles. The van der Waals surface area contributed by atoms with Gasteiger partial charge >= 0.3 is 0 Å². The van der Waals surface area contributed by atoms with Crippen LogP contribution in [0.1, 0.15) is 27.3 Å². The van der Waals surface area contributed by atoms with Gasteiger partial charge in [0.15, 0.2) is 0 Å². The molecule has 3 heterocycles. The second-order valence-electron chi connectivity index (χ2n) is 4.66. The molecule has 0 radical (unpaired) electrons. The fourth-order valence-corrected chi connectivity index (χ4v) is 2.14. The average Bonchev–Trinajstić information content (AvgIpc) is 3.05. The van der Waals surface area contributed by atoms with Crippen molar-refractivity contribution in [2.24, 2.45) is 0 Å². The Hall–Kier alpha value is -2.63. The topological polar surface area (TPSA) is 83.8 Å². The third-order valence-electron chi connectivity index (χ3n) is 3.11. The van der Waals surface area contributed by atoms with Crippen LogP contribution in [0.25, 0.3) is 11.1 Å². The number of carbonyl (C=O) groups is 1. The smallest absolute Gasteiger partial charge is 0.258 e. The van der Waals surface area contributed by atoms with Crippen molar-refractivity contribution in [3.8, 4) is 0 Å². The second-order valence-corrected chi connectivity index (χ2v) is 4.66. The Balaban J connectivity index is 1.92. The maximum atomic E-state index is 12.3. The Morgan fingerprint density at radius 1 is 1.45 bits per heavy atom. The molecule has 6 heteroatoms. The minimum atomic E-state index is -0.159. The fraction of sp³-hybridized carbons (Fsp3) is 0.214. The van der Waals surface area contributed by atoms with Gasteiger partial charge in [0.25, 0.3) is 11.6 Å². The molecule has 20 heavy (non-hydrogen) atoms. The van der Waals surface area contributed by atoms with Crippen molar-refractivity contribution in [2.75, 3.05) is 0 Å². The molecule has 0 aliphatic rings. The van der Waals surface area contributed by atoms with Gasteiger partial charge in [0.1, 0.15) is 0 Å². The summed E-state index contributed by atoms with van der Waals surface area (Å²) >= 11 is 0. The van der Waals surface area contributed by atoms with E-state index in [0.717, 1.165) is 11.3 Å². The van der Waals surface area contributed by atoms with Crippen LogP contribution < -0.4 is 5.32 Å². The predicted molar refractivity (Wildman–Crippen MR) is 73.2 cm³/mol. The van der Waals surface area contributed by atoms with Gasteiger partial charge in [0.2, 0.25) is 0 Å².